The number of nitrogens with one attached hydrogen (secondary N) is 1. The van der Waals surface area contributed by atoms with Gasteiger partial charge in [-0.3, -0.25) is 19.8 Å². The number of hydrogen-bond acceptors (Lipinski definition) is 6. The van der Waals surface area contributed by atoms with Crippen LogP contribution in [0.5, 0.6) is 0 Å². The predicted molar refractivity (Wildman–Crippen MR) is 115 cm³/mol. The lowest BCUT2D eigenvalue weighted by molar-refractivity contribution is -0.384. The maximum atomic E-state index is 12.5. The molecular formula is C22H24N6O3. The van der Waals surface area contributed by atoms with E-state index in [4.69, 9.17) is 0 Å². The van der Waals surface area contributed by atoms with Gasteiger partial charge >= 0.3 is 0 Å². The van der Waals surface area contributed by atoms with Crippen molar-refractivity contribution in [3.8, 4) is 11.4 Å². The lowest BCUT2D eigenvalue weighted by Gasteiger charge is -2.30. The summed E-state index contributed by atoms with van der Waals surface area (Å²) in [4.78, 5) is 29.4. The van der Waals surface area contributed by atoms with Gasteiger partial charge in [-0.25, -0.2) is 9.67 Å². The Morgan fingerprint density at radius 1 is 1.10 bits per heavy atom. The van der Waals surface area contributed by atoms with E-state index in [0.717, 1.165) is 37.1 Å². The molecule has 1 N–H and O–H groups in total. The first-order chi connectivity index (χ1) is 15.1. The van der Waals surface area contributed by atoms with E-state index in [1.807, 2.05) is 30.3 Å². The van der Waals surface area contributed by atoms with Crippen molar-refractivity contribution in [3.63, 3.8) is 0 Å². The maximum Gasteiger partial charge on any atom is 0.269 e. The van der Waals surface area contributed by atoms with Crippen LogP contribution in [0, 0.1) is 16.0 Å². The summed E-state index contributed by atoms with van der Waals surface area (Å²) >= 11 is 0. The Bertz CT molecular complexity index is 1030. The molecule has 0 spiro atoms. The summed E-state index contributed by atoms with van der Waals surface area (Å²) in [5.74, 6) is 0.682. The summed E-state index contributed by atoms with van der Waals surface area (Å²) in [6.07, 6.45) is 3.28. The first-order valence-corrected chi connectivity index (χ1v) is 10.3. The van der Waals surface area contributed by atoms with E-state index in [2.05, 4.69) is 20.3 Å². The summed E-state index contributed by atoms with van der Waals surface area (Å²) in [5, 5.41) is 18.3. The third-order valence-electron chi connectivity index (χ3n) is 5.49. The van der Waals surface area contributed by atoms with Crippen LogP contribution < -0.4 is 5.32 Å². The molecule has 4 rings (SSSR count). The number of aromatic nitrogens is 3. The molecule has 0 bridgehead atoms. The molecule has 0 atom stereocenters. The first-order valence-electron chi connectivity index (χ1n) is 10.3. The molecular weight excluding hydrogens is 396 g/mol. The van der Waals surface area contributed by atoms with Gasteiger partial charge in [0.25, 0.3) is 5.69 Å². The second kappa shape index (κ2) is 9.48. The fourth-order valence-electron chi connectivity index (χ4n) is 3.70. The van der Waals surface area contributed by atoms with Crippen molar-refractivity contribution < 1.29 is 9.72 Å². The van der Waals surface area contributed by atoms with Crippen LogP contribution in [0.1, 0.15) is 18.4 Å². The van der Waals surface area contributed by atoms with Gasteiger partial charge in [-0.05, 0) is 30.5 Å². The zero-order chi connectivity index (χ0) is 21.6. The van der Waals surface area contributed by atoms with E-state index in [1.54, 1.807) is 23.1 Å². The molecule has 1 aliphatic rings. The van der Waals surface area contributed by atoms with Crippen molar-refractivity contribution in [2.45, 2.75) is 26.1 Å². The van der Waals surface area contributed by atoms with Gasteiger partial charge in [0.1, 0.15) is 6.33 Å². The van der Waals surface area contributed by atoms with E-state index in [9.17, 15) is 14.9 Å². The number of non-ortho nitro benzene ring substituents is 1. The fourth-order valence-corrected chi connectivity index (χ4v) is 3.70. The molecule has 31 heavy (non-hydrogen) atoms. The van der Waals surface area contributed by atoms with Gasteiger partial charge in [-0.1, -0.05) is 30.3 Å². The second-order valence-electron chi connectivity index (χ2n) is 7.65. The van der Waals surface area contributed by atoms with E-state index < -0.39 is 4.92 Å². The second-order valence-corrected chi connectivity index (χ2v) is 7.65. The molecule has 1 amide bonds. The number of carbonyl (C=O) groups is 1. The van der Waals surface area contributed by atoms with E-state index in [0.29, 0.717) is 19.0 Å². The highest BCUT2D eigenvalue weighted by Gasteiger charge is 2.25. The fraction of sp³-hybridized carbons (Fsp3) is 0.318. The van der Waals surface area contributed by atoms with E-state index >= 15 is 0 Å². The number of nitro benzene ring substituents is 1. The van der Waals surface area contributed by atoms with Crippen molar-refractivity contribution in [1.82, 2.24) is 25.0 Å². The Labute approximate surface area is 179 Å². The minimum atomic E-state index is -0.429. The van der Waals surface area contributed by atoms with Gasteiger partial charge in [-0.2, -0.15) is 0 Å². The number of nitrogens with zero attached hydrogens (tertiary/aromatic N) is 5. The molecule has 1 fully saturated rings. The minimum absolute atomic E-state index is 0.0337. The van der Waals surface area contributed by atoms with Crippen LogP contribution in [0.15, 0.2) is 60.9 Å². The number of hydrogen-bond donors (Lipinski definition) is 1. The molecule has 1 aromatic heterocycles. The van der Waals surface area contributed by atoms with Crippen LogP contribution in [-0.4, -0.2) is 43.6 Å². The van der Waals surface area contributed by atoms with Crippen LogP contribution >= 0.6 is 0 Å². The number of nitro groups is 1. The molecule has 3 aromatic rings. The summed E-state index contributed by atoms with van der Waals surface area (Å²) in [5.41, 5.74) is 1.88. The molecule has 9 heteroatoms. The minimum Gasteiger partial charge on any atom is -0.352 e. The third kappa shape index (κ3) is 5.32. The largest absolute Gasteiger partial charge is 0.352 e. The first kappa shape index (κ1) is 20.7. The molecule has 160 valence electrons. The average molecular weight is 420 g/mol. The molecule has 0 radical (unpaired) electrons. The maximum absolute atomic E-state index is 12.5. The predicted octanol–water partition coefficient (Wildman–Crippen LogP) is 2.84. The molecule has 2 heterocycles. The summed E-state index contributed by atoms with van der Waals surface area (Å²) < 4.78 is 1.76. The highest BCUT2D eigenvalue weighted by atomic mass is 16.6. The number of rotatable bonds is 7. The SMILES string of the molecule is O=C(NCc1ccccc1)C1CCN(Cn2cnc(-c3ccc([N+](=O)[O-])cc3)n2)CC1. The quantitative estimate of drug-likeness (QED) is 0.465. The van der Waals surface area contributed by atoms with E-state index in [-0.39, 0.29) is 17.5 Å². The third-order valence-corrected chi connectivity index (χ3v) is 5.49. The smallest absolute Gasteiger partial charge is 0.269 e. The Morgan fingerprint density at radius 3 is 2.48 bits per heavy atom. The standard InChI is InChI=1S/C22H24N6O3/c29-22(23-14-17-4-2-1-3-5-17)19-10-12-26(13-11-19)16-27-15-24-21(25-27)18-6-8-20(9-7-18)28(30)31/h1-9,15,19H,10-14,16H2,(H,23,29). The number of piperidine rings is 1. The highest BCUT2D eigenvalue weighted by molar-refractivity contribution is 5.78. The number of likely N-dealkylation sites (tertiary alicyclic amines) is 1. The van der Waals surface area contributed by atoms with E-state index in [1.165, 1.54) is 12.1 Å². The number of carbonyl (C=O) groups excluding carboxylic acids is 1. The molecule has 0 unspecified atom stereocenters. The van der Waals surface area contributed by atoms with Crippen molar-refractivity contribution in [2.75, 3.05) is 13.1 Å². The van der Waals surface area contributed by atoms with Gasteiger partial charge < -0.3 is 5.32 Å². The Balaban J connectivity index is 1.25. The molecule has 1 aliphatic heterocycles. The molecule has 1 saturated heterocycles. The normalized spacial score (nSPS) is 15.0. The molecule has 9 nitrogen and oxygen atoms in total. The van der Waals surface area contributed by atoms with Crippen molar-refractivity contribution in [2.24, 2.45) is 5.92 Å². The highest BCUT2D eigenvalue weighted by Crippen LogP contribution is 2.20. The van der Waals surface area contributed by atoms with Gasteiger partial charge in [0.15, 0.2) is 5.82 Å². The zero-order valence-electron chi connectivity index (χ0n) is 17.1. The monoisotopic (exact) mass is 420 g/mol. The van der Waals surface area contributed by atoms with Crippen LogP contribution in [0.4, 0.5) is 5.69 Å². The average Bonchev–Trinajstić information content (AvgIpc) is 3.27. The Kier molecular flexibility index (Phi) is 6.32. The van der Waals surface area contributed by atoms with Crippen LogP contribution in [0.3, 0.4) is 0 Å². The van der Waals surface area contributed by atoms with Crippen LogP contribution in [0.2, 0.25) is 0 Å². The van der Waals surface area contributed by atoms with Gasteiger partial charge in [0.05, 0.1) is 11.6 Å². The van der Waals surface area contributed by atoms with Crippen molar-refractivity contribution >= 4 is 11.6 Å². The summed E-state index contributed by atoms with van der Waals surface area (Å²) in [6.45, 7) is 2.79. The molecule has 0 saturated carbocycles. The lowest BCUT2D eigenvalue weighted by atomic mass is 9.96. The van der Waals surface area contributed by atoms with Gasteiger partial charge in [0.2, 0.25) is 5.91 Å². The topological polar surface area (TPSA) is 106 Å². The molecule has 2 aromatic carbocycles. The van der Waals surface area contributed by atoms with Gasteiger partial charge in [0, 0.05) is 43.2 Å². The molecule has 0 aliphatic carbocycles. The summed E-state index contributed by atoms with van der Waals surface area (Å²) in [6, 6.07) is 16.1. The van der Waals surface area contributed by atoms with Gasteiger partial charge in [-0.15, -0.1) is 5.10 Å². The number of amides is 1. The Hall–Kier alpha value is -3.59. The van der Waals surface area contributed by atoms with Crippen molar-refractivity contribution in [1.29, 1.82) is 0 Å². The zero-order valence-corrected chi connectivity index (χ0v) is 17.1. The number of benzene rings is 2. The Morgan fingerprint density at radius 2 is 1.81 bits per heavy atom. The van der Waals surface area contributed by atoms with Crippen molar-refractivity contribution in [3.05, 3.63) is 76.6 Å². The van der Waals surface area contributed by atoms with Crippen LogP contribution in [0.25, 0.3) is 11.4 Å². The lowest BCUT2D eigenvalue weighted by Crippen LogP contribution is -2.41. The van der Waals surface area contributed by atoms with Crippen LogP contribution in [-0.2, 0) is 18.0 Å². The summed E-state index contributed by atoms with van der Waals surface area (Å²) in [7, 11) is 0.